The van der Waals surface area contributed by atoms with Gasteiger partial charge in [0, 0.05) is 49.1 Å². The maximum atomic E-state index is 6.32. The highest BCUT2D eigenvalue weighted by molar-refractivity contribution is 6.39. The van der Waals surface area contributed by atoms with Crippen molar-refractivity contribution in [3.8, 4) is 33.6 Å². The van der Waals surface area contributed by atoms with Gasteiger partial charge in [0.1, 0.15) is 11.2 Å². The fourth-order valence-corrected chi connectivity index (χ4v) is 11.3. The molecule has 0 aliphatic heterocycles. The van der Waals surface area contributed by atoms with Gasteiger partial charge in [0.15, 0.2) is 0 Å². The third kappa shape index (κ3) is 4.03. The lowest BCUT2D eigenvalue weighted by Gasteiger charge is -2.15. The van der Waals surface area contributed by atoms with E-state index in [1.165, 1.54) is 109 Å². The Morgan fingerprint density at radius 1 is 0.279 bits per heavy atom. The Labute approximate surface area is 348 Å². The maximum Gasteiger partial charge on any atom is 0.135 e. The number of furan rings is 1. The summed E-state index contributed by atoms with van der Waals surface area (Å²) in [5.41, 5.74) is 13.8. The molecule has 3 heteroatoms. The zero-order valence-corrected chi connectivity index (χ0v) is 32.8. The lowest BCUT2D eigenvalue weighted by Crippen LogP contribution is -1.96. The highest BCUT2D eigenvalue weighted by Gasteiger charge is 2.28. The molecule has 11 aromatic carbocycles. The van der Waals surface area contributed by atoms with Gasteiger partial charge in [0.05, 0.1) is 22.1 Å². The van der Waals surface area contributed by atoms with E-state index in [0.29, 0.717) is 0 Å². The Bertz CT molecular complexity index is 4240. The van der Waals surface area contributed by atoms with E-state index in [9.17, 15) is 0 Å². The van der Waals surface area contributed by atoms with Crippen LogP contribution in [0, 0.1) is 0 Å². The molecule has 0 saturated carbocycles. The molecule has 14 aromatic rings. The van der Waals surface area contributed by atoms with E-state index in [-0.39, 0.29) is 0 Å². The van der Waals surface area contributed by atoms with E-state index in [1.807, 2.05) is 6.07 Å². The van der Waals surface area contributed by atoms with E-state index in [4.69, 9.17) is 4.42 Å². The standard InChI is InChI=1S/C58H32N2O/c1-2-11-36(12-3-1)59-48-19-10-18-44-47-30-35(34-23-28-53-46(29-34)43-17-8-9-20-52(43)61-53)31-51-56(47)58-50(27-22-33-21-26-49(59)57(54(33)58)55(44)48)60(51)37-24-25-42-40-15-5-4-13-38(40)39-14-6-7-16-41(39)45(42)32-37/h1-32H. The van der Waals surface area contributed by atoms with Crippen molar-refractivity contribution in [1.82, 2.24) is 9.13 Å². The topological polar surface area (TPSA) is 23.0 Å². The first kappa shape index (κ1) is 31.8. The van der Waals surface area contributed by atoms with Crippen molar-refractivity contribution in [1.29, 1.82) is 0 Å². The molecule has 3 aromatic heterocycles. The number of rotatable bonds is 3. The van der Waals surface area contributed by atoms with Gasteiger partial charge in [-0.1, -0.05) is 121 Å². The summed E-state index contributed by atoms with van der Waals surface area (Å²) in [7, 11) is 0. The van der Waals surface area contributed by atoms with Gasteiger partial charge < -0.3 is 13.6 Å². The normalized spacial score (nSPS) is 12.6. The van der Waals surface area contributed by atoms with Gasteiger partial charge in [-0.05, 0) is 133 Å². The first-order valence-electron chi connectivity index (χ1n) is 21.1. The van der Waals surface area contributed by atoms with Gasteiger partial charge in [0.2, 0.25) is 0 Å². The fourth-order valence-electron chi connectivity index (χ4n) is 11.3. The van der Waals surface area contributed by atoms with Gasteiger partial charge >= 0.3 is 0 Å². The van der Waals surface area contributed by atoms with Crippen molar-refractivity contribution < 1.29 is 4.42 Å². The van der Waals surface area contributed by atoms with E-state index >= 15 is 0 Å². The molecule has 280 valence electrons. The second kappa shape index (κ2) is 11.3. The largest absolute Gasteiger partial charge is 0.456 e. The van der Waals surface area contributed by atoms with Crippen LogP contribution in [0.5, 0.6) is 0 Å². The predicted molar refractivity (Wildman–Crippen MR) is 257 cm³/mol. The Hall–Kier alpha value is -8.14. The summed E-state index contributed by atoms with van der Waals surface area (Å²) < 4.78 is 11.3. The molecule has 0 N–H and O–H groups in total. The maximum absolute atomic E-state index is 6.32. The number of fused-ring (bicyclic) bond motifs is 10. The van der Waals surface area contributed by atoms with Crippen LogP contribution in [-0.2, 0) is 0 Å². The van der Waals surface area contributed by atoms with Crippen LogP contribution < -0.4 is 0 Å². The number of benzene rings is 11. The van der Waals surface area contributed by atoms with Gasteiger partial charge in [-0.2, -0.15) is 0 Å². The molecule has 0 spiro atoms. The molecule has 61 heavy (non-hydrogen) atoms. The fraction of sp³-hybridized carbons (Fsp3) is 0. The molecule has 3 nitrogen and oxygen atoms in total. The molecule has 15 rings (SSSR count). The number of para-hydroxylation sites is 2. The van der Waals surface area contributed by atoms with Crippen LogP contribution in [0.2, 0.25) is 0 Å². The molecule has 3 heterocycles. The van der Waals surface area contributed by atoms with Crippen LogP contribution in [0.25, 0.3) is 142 Å². The third-order valence-electron chi connectivity index (χ3n) is 13.8. The number of nitrogens with zero attached hydrogens (tertiary/aromatic N) is 2. The highest BCUT2D eigenvalue weighted by Crippen LogP contribution is 2.52. The molecule has 0 radical (unpaired) electrons. The Morgan fingerprint density at radius 3 is 1.64 bits per heavy atom. The van der Waals surface area contributed by atoms with Gasteiger partial charge in [0.25, 0.3) is 0 Å². The summed E-state index contributed by atoms with van der Waals surface area (Å²) in [6.07, 6.45) is 0. The van der Waals surface area contributed by atoms with Crippen molar-refractivity contribution in [3.05, 3.63) is 194 Å². The van der Waals surface area contributed by atoms with Gasteiger partial charge in [-0.15, -0.1) is 0 Å². The van der Waals surface area contributed by atoms with E-state index < -0.39 is 0 Å². The number of hydrogen-bond donors (Lipinski definition) is 0. The van der Waals surface area contributed by atoms with Crippen molar-refractivity contribution in [2.45, 2.75) is 0 Å². The van der Waals surface area contributed by atoms with E-state index in [0.717, 1.165) is 33.2 Å². The van der Waals surface area contributed by atoms with Crippen molar-refractivity contribution in [2.24, 2.45) is 0 Å². The van der Waals surface area contributed by atoms with Crippen LogP contribution in [0.4, 0.5) is 0 Å². The molecule has 0 unspecified atom stereocenters. The Morgan fingerprint density at radius 2 is 0.885 bits per heavy atom. The minimum absolute atomic E-state index is 0.904. The van der Waals surface area contributed by atoms with Crippen LogP contribution in [-0.4, -0.2) is 9.13 Å². The highest BCUT2D eigenvalue weighted by atomic mass is 16.3. The molecule has 1 aliphatic carbocycles. The quantitative estimate of drug-likeness (QED) is 0.164. The average Bonchev–Trinajstić information content (AvgIpc) is 3.96. The molecule has 0 bridgehead atoms. The second-order valence-corrected chi connectivity index (χ2v) is 16.8. The summed E-state index contributed by atoms with van der Waals surface area (Å²) in [5, 5.41) is 17.7. The van der Waals surface area contributed by atoms with Crippen molar-refractivity contribution in [2.75, 3.05) is 0 Å². The summed E-state index contributed by atoms with van der Waals surface area (Å²) in [5.74, 6) is 0. The molecular weight excluding hydrogens is 741 g/mol. The number of aromatic nitrogens is 2. The molecule has 0 amide bonds. The lowest BCUT2D eigenvalue weighted by molar-refractivity contribution is 0.669. The first-order valence-corrected chi connectivity index (χ1v) is 21.1. The van der Waals surface area contributed by atoms with E-state index in [2.05, 4.69) is 197 Å². The SMILES string of the molecule is c1ccc(-n2c3cccc4c3c3c5c(ccc32)ccc2c5c3c-4cc(-c4ccc5oc6ccccc6c5c4)cc3n2-c2ccc3c4ccccc4c4ccccc4c3c2)cc1. The smallest absolute Gasteiger partial charge is 0.135 e. The van der Waals surface area contributed by atoms with Crippen LogP contribution in [0.15, 0.2) is 199 Å². The second-order valence-electron chi connectivity index (χ2n) is 16.8. The van der Waals surface area contributed by atoms with Gasteiger partial charge in [-0.25, -0.2) is 0 Å². The molecule has 0 fully saturated rings. The van der Waals surface area contributed by atoms with Crippen LogP contribution >= 0.6 is 0 Å². The predicted octanol–water partition coefficient (Wildman–Crippen LogP) is 16.0. The zero-order valence-electron chi connectivity index (χ0n) is 32.8. The van der Waals surface area contributed by atoms with Crippen molar-refractivity contribution in [3.63, 3.8) is 0 Å². The molecule has 1 aliphatic rings. The minimum atomic E-state index is 0.904. The summed E-state index contributed by atoms with van der Waals surface area (Å²) in [4.78, 5) is 0. The Balaban J connectivity index is 1.13. The average molecular weight is 773 g/mol. The zero-order chi connectivity index (χ0) is 39.5. The third-order valence-corrected chi connectivity index (χ3v) is 13.8. The molecule has 0 saturated heterocycles. The minimum Gasteiger partial charge on any atom is -0.456 e. The first-order chi connectivity index (χ1) is 30.3. The molecular formula is C58H32N2O. The molecule has 0 atom stereocenters. The van der Waals surface area contributed by atoms with Crippen LogP contribution in [0.3, 0.4) is 0 Å². The van der Waals surface area contributed by atoms with Crippen LogP contribution in [0.1, 0.15) is 0 Å². The van der Waals surface area contributed by atoms with Gasteiger partial charge in [-0.3, -0.25) is 0 Å². The monoisotopic (exact) mass is 772 g/mol. The summed E-state index contributed by atoms with van der Waals surface area (Å²) >= 11 is 0. The Kier molecular flexibility index (Phi) is 5.90. The summed E-state index contributed by atoms with van der Waals surface area (Å²) in [6, 6.07) is 71.9. The van der Waals surface area contributed by atoms with Crippen molar-refractivity contribution >= 4 is 109 Å². The summed E-state index contributed by atoms with van der Waals surface area (Å²) in [6.45, 7) is 0. The number of hydrogen-bond acceptors (Lipinski definition) is 1. The van der Waals surface area contributed by atoms with E-state index in [1.54, 1.807) is 0 Å². The lowest BCUT2D eigenvalue weighted by atomic mass is 9.93.